The van der Waals surface area contributed by atoms with Crippen LogP contribution in [0.15, 0.2) is 18.2 Å². The summed E-state index contributed by atoms with van der Waals surface area (Å²) < 4.78 is 0. The molecule has 0 aliphatic rings. The first kappa shape index (κ1) is 12.8. The standard InChI is InChI=1S/C11H16N4O2/c1-15(2)10(16)6-14-9-5-7(11(13)17)3-4-8(9)12/h3-5,14H,6,12H2,1-2H3,(H2,13,17). The fraction of sp³-hybridized carbons (Fsp3) is 0.273. The van der Waals surface area contributed by atoms with Crippen molar-refractivity contribution in [1.29, 1.82) is 0 Å². The summed E-state index contributed by atoms with van der Waals surface area (Å²) in [6.07, 6.45) is 0. The third-order valence-corrected chi connectivity index (χ3v) is 2.27. The summed E-state index contributed by atoms with van der Waals surface area (Å²) in [5, 5.41) is 2.87. The van der Waals surface area contributed by atoms with Crippen molar-refractivity contribution in [3.8, 4) is 0 Å². The first-order valence-electron chi connectivity index (χ1n) is 5.05. The fourth-order valence-electron chi connectivity index (χ4n) is 1.19. The molecule has 2 amide bonds. The van der Waals surface area contributed by atoms with Crippen LogP contribution in [-0.4, -0.2) is 37.4 Å². The van der Waals surface area contributed by atoms with Gasteiger partial charge in [0.1, 0.15) is 0 Å². The Bertz CT molecular complexity index is 443. The lowest BCUT2D eigenvalue weighted by Crippen LogP contribution is -2.28. The highest BCUT2D eigenvalue weighted by molar-refractivity contribution is 5.95. The number of nitrogen functional groups attached to an aromatic ring is 1. The van der Waals surface area contributed by atoms with Gasteiger partial charge < -0.3 is 21.7 Å². The maximum atomic E-state index is 11.4. The molecule has 0 unspecified atom stereocenters. The van der Waals surface area contributed by atoms with Crippen LogP contribution in [-0.2, 0) is 4.79 Å². The normalized spacial score (nSPS) is 9.76. The van der Waals surface area contributed by atoms with Crippen LogP contribution in [0, 0.1) is 0 Å². The first-order chi connectivity index (χ1) is 7.91. The third kappa shape index (κ3) is 3.37. The second-order valence-corrected chi connectivity index (χ2v) is 3.81. The lowest BCUT2D eigenvalue weighted by atomic mass is 10.1. The summed E-state index contributed by atoms with van der Waals surface area (Å²) in [7, 11) is 3.32. The second-order valence-electron chi connectivity index (χ2n) is 3.81. The number of hydrogen-bond donors (Lipinski definition) is 3. The number of rotatable bonds is 4. The number of nitrogens with one attached hydrogen (secondary N) is 1. The molecule has 0 spiro atoms. The number of carbonyl (C=O) groups excluding carboxylic acids is 2. The van der Waals surface area contributed by atoms with E-state index in [-0.39, 0.29) is 12.5 Å². The Morgan fingerprint density at radius 3 is 2.53 bits per heavy atom. The van der Waals surface area contributed by atoms with Crippen molar-refractivity contribution in [1.82, 2.24) is 4.90 Å². The van der Waals surface area contributed by atoms with E-state index in [4.69, 9.17) is 11.5 Å². The monoisotopic (exact) mass is 236 g/mol. The van der Waals surface area contributed by atoms with Crippen LogP contribution < -0.4 is 16.8 Å². The maximum absolute atomic E-state index is 11.4. The Balaban J connectivity index is 2.80. The largest absolute Gasteiger partial charge is 0.397 e. The molecule has 0 heterocycles. The molecule has 17 heavy (non-hydrogen) atoms. The van der Waals surface area contributed by atoms with E-state index in [1.807, 2.05) is 0 Å². The number of anilines is 2. The van der Waals surface area contributed by atoms with Gasteiger partial charge in [-0.3, -0.25) is 9.59 Å². The Morgan fingerprint density at radius 2 is 2.00 bits per heavy atom. The van der Waals surface area contributed by atoms with Gasteiger partial charge in [0.2, 0.25) is 11.8 Å². The SMILES string of the molecule is CN(C)C(=O)CNc1cc(C(N)=O)ccc1N. The molecule has 0 fully saturated rings. The van der Waals surface area contributed by atoms with Gasteiger partial charge in [-0.05, 0) is 18.2 Å². The predicted octanol–water partition coefficient (Wildman–Crippen LogP) is -0.132. The lowest BCUT2D eigenvalue weighted by Gasteiger charge is -2.13. The fourth-order valence-corrected chi connectivity index (χ4v) is 1.19. The van der Waals surface area contributed by atoms with Gasteiger partial charge in [-0.15, -0.1) is 0 Å². The summed E-state index contributed by atoms with van der Waals surface area (Å²) >= 11 is 0. The van der Waals surface area contributed by atoms with Gasteiger partial charge in [-0.2, -0.15) is 0 Å². The number of carbonyl (C=O) groups is 2. The van der Waals surface area contributed by atoms with Crippen LogP contribution in [0.4, 0.5) is 11.4 Å². The molecular weight excluding hydrogens is 220 g/mol. The average Bonchev–Trinajstić information content (AvgIpc) is 2.26. The molecular formula is C11H16N4O2. The molecule has 5 N–H and O–H groups in total. The zero-order valence-corrected chi connectivity index (χ0v) is 9.86. The van der Waals surface area contributed by atoms with Crippen molar-refractivity contribution < 1.29 is 9.59 Å². The van der Waals surface area contributed by atoms with E-state index >= 15 is 0 Å². The lowest BCUT2D eigenvalue weighted by molar-refractivity contribution is -0.126. The third-order valence-electron chi connectivity index (χ3n) is 2.27. The van der Waals surface area contributed by atoms with Gasteiger partial charge in [-0.25, -0.2) is 0 Å². The summed E-state index contributed by atoms with van der Waals surface area (Å²) in [6.45, 7) is 0.111. The number of nitrogens with two attached hydrogens (primary N) is 2. The molecule has 1 aromatic carbocycles. The number of nitrogens with zero attached hydrogens (tertiary/aromatic N) is 1. The van der Waals surface area contributed by atoms with E-state index in [2.05, 4.69) is 5.32 Å². The number of likely N-dealkylation sites (N-methyl/N-ethyl adjacent to an activating group) is 1. The smallest absolute Gasteiger partial charge is 0.248 e. The summed E-state index contributed by atoms with van der Waals surface area (Å²) in [4.78, 5) is 23.8. The molecule has 0 saturated carbocycles. The van der Waals surface area contributed by atoms with Crippen molar-refractivity contribution in [3.05, 3.63) is 23.8 Å². The number of amides is 2. The van der Waals surface area contributed by atoms with E-state index in [1.165, 1.54) is 17.0 Å². The van der Waals surface area contributed by atoms with Crippen molar-refractivity contribution in [2.24, 2.45) is 5.73 Å². The van der Waals surface area contributed by atoms with Crippen LogP contribution in [0.25, 0.3) is 0 Å². The quantitative estimate of drug-likeness (QED) is 0.634. The van der Waals surface area contributed by atoms with Crippen LogP contribution in [0.5, 0.6) is 0 Å². The minimum atomic E-state index is -0.535. The van der Waals surface area contributed by atoms with Crippen molar-refractivity contribution in [3.63, 3.8) is 0 Å². The van der Waals surface area contributed by atoms with Crippen molar-refractivity contribution in [2.75, 3.05) is 31.7 Å². The van der Waals surface area contributed by atoms with Crippen molar-refractivity contribution >= 4 is 23.2 Å². The number of hydrogen-bond acceptors (Lipinski definition) is 4. The molecule has 1 aromatic rings. The zero-order chi connectivity index (χ0) is 13.0. The number of benzene rings is 1. The number of primary amides is 1. The summed E-state index contributed by atoms with van der Waals surface area (Å²) in [6, 6.07) is 4.64. The van der Waals surface area contributed by atoms with E-state index in [1.54, 1.807) is 20.2 Å². The van der Waals surface area contributed by atoms with Gasteiger partial charge in [0.15, 0.2) is 0 Å². The molecule has 6 nitrogen and oxygen atoms in total. The molecule has 0 radical (unpaired) electrons. The van der Waals surface area contributed by atoms with Gasteiger partial charge in [0.25, 0.3) is 0 Å². The van der Waals surface area contributed by atoms with Gasteiger partial charge in [-0.1, -0.05) is 0 Å². The topological polar surface area (TPSA) is 101 Å². The highest BCUT2D eigenvalue weighted by Crippen LogP contribution is 2.19. The summed E-state index contributed by atoms with van der Waals surface area (Å²) in [5.74, 6) is -0.624. The molecule has 0 bridgehead atoms. The van der Waals surface area contributed by atoms with Crippen LogP contribution >= 0.6 is 0 Å². The zero-order valence-electron chi connectivity index (χ0n) is 9.86. The van der Waals surface area contributed by atoms with E-state index in [0.29, 0.717) is 16.9 Å². The Labute approximate surface area is 99.6 Å². The van der Waals surface area contributed by atoms with Crippen LogP contribution in [0.3, 0.4) is 0 Å². The minimum absolute atomic E-state index is 0.0890. The minimum Gasteiger partial charge on any atom is -0.397 e. The molecule has 0 saturated heterocycles. The molecule has 0 atom stereocenters. The van der Waals surface area contributed by atoms with E-state index in [9.17, 15) is 9.59 Å². The van der Waals surface area contributed by atoms with Crippen LogP contribution in [0.1, 0.15) is 10.4 Å². The molecule has 6 heteroatoms. The van der Waals surface area contributed by atoms with E-state index < -0.39 is 5.91 Å². The Hall–Kier alpha value is -2.24. The van der Waals surface area contributed by atoms with Gasteiger partial charge in [0.05, 0.1) is 17.9 Å². The molecule has 1 rings (SSSR count). The molecule has 0 aromatic heterocycles. The molecule has 92 valence electrons. The molecule has 0 aliphatic heterocycles. The highest BCUT2D eigenvalue weighted by atomic mass is 16.2. The molecule has 0 aliphatic carbocycles. The summed E-state index contributed by atoms with van der Waals surface area (Å²) in [5.41, 5.74) is 12.2. The Kier molecular flexibility index (Phi) is 3.92. The highest BCUT2D eigenvalue weighted by Gasteiger charge is 2.07. The van der Waals surface area contributed by atoms with E-state index in [0.717, 1.165) is 0 Å². The van der Waals surface area contributed by atoms with Crippen molar-refractivity contribution in [2.45, 2.75) is 0 Å². The van der Waals surface area contributed by atoms with Gasteiger partial charge in [0, 0.05) is 19.7 Å². The van der Waals surface area contributed by atoms with Crippen LogP contribution in [0.2, 0.25) is 0 Å². The predicted molar refractivity (Wildman–Crippen MR) is 66.6 cm³/mol. The first-order valence-corrected chi connectivity index (χ1v) is 5.05. The average molecular weight is 236 g/mol. The Morgan fingerprint density at radius 1 is 1.35 bits per heavy atom. The van der Waals surface area contributed by atoms with Gasteiger partial charge >= 0.3 is 0 Å². The second kappa shape index (κ2) is 5.20. The maximum Gasteiger partial charge on any atom is 0.248 e.